The molecule has 118 valence electrons. The summed E-state index contributed by atoms with van der Waals surface area (Å²) < 4.78 is 0. The van der Waals surface area contributed by atoms with E-state index < -0.39 is 0 Å². The summed E-state index contributed by atoms with van der Waals surface area (Å²) in [5, 5.41) is 0. The largest absolute Gasteiger partial charge is 0.279 e. The zero-order valence-corrected chi connectivity index (χ0v) is 13.4. The highest BCUT2D eigenvalue weighted by Gasteiger charge is 2.66. The lowest BCUT2D eigenvalue weighted by atomic mass is 9.71. The fourth-order valence-corrected chi connectivity index (χ4v) is 5.62. The van der Waals surface area contributed by atoms with Gasteiger partial charge in [0.15, 0.2) is 0 Å². The Morgan fingerprint density at radius 3 is 2.68 bits per heavy atom. The molecule has 3 heteroatoms. The second-order valence-electron chi connectivity index (χ2n) is 7.94. The van der Waals surface area contributed by atoms with Gasteiger partial charge in [0.05, 0.1) is 11.8 Å². The Labute approximate surface area is 132 Å². The minimum absolute atomic E-state index is 0.0845. The number of hydrogen-bond donors (Lipinski definition) is 0. The fourth-order valence-electron chi connectivity index (χ4n) is 5.62. The molecule has 3 aliphatic carbocycles. The lowest BCUT2D eigenvalue weighted by Gasteiger charge is -2.33. The molecular weight excluding hydrogens is 274 g/mol. The van der Waals surface area contributed by atoms with E-state index in [1.54, 1.807) is 4.90 Å². The molecule has 22 heavy (non-hydrogen) atoms. The normalized spacial score (nSPS) is 40.6. The Morgan fingerprint density at radius 1 is 1.27 bits per heavy atom. The highest BCUT2D eigenvalue weighted by Crippen LogP contribution is 2.62. The third-order valence-electron chi connectivity index (χ3n) is 6.33. The summed E-state index contributed by atoms with van der Waals surface area (Å²) in [5.41, 5.74) is 0.986. The molecule has 4 unspecified atom stereocenters. The number of likely N-dealkylation sites (tertiary alicyclic amines) is 1. The van der Waals surface area contributed by atoms with Gasteiger partial charge in [-0.15, -0.1) is 6.58 Å². The number of amides is 2. The monoisotopic (exact) mass is 299 g/mol. The van der Waals surface area contributed by atoms with Crippen LogP contribution in [0, 0.1) is 23.2 Å². The van der Waals surface area contributed by atoms with Gasteiger partial charge in [0, 0.05) is 11.5 Å². The van der Waals surface area contributed by atoms with E-state index in [9.17, 15) is 9.59 Å². The van der Waals surface area contributed by atoms with Crippen molar-refractivity contribution in [3.05, 3.63) is 24.3 Å². The first-order valence-corrected chi connectivity index (χ1v) is 8.74. The molecule has 1 aliphatic heterocycles. The second kappa shape index (κ2) is 4.81. The van der Waals surface area contributed by atoms with Gasteiger partial charge in [-0.2, -0.15) is 0 Å². The van der Waals surface area contributed by atoms with Gasteiger partial charge < -0.3 is 0 Å². The van der Waals surface area contributed by atoms with E-state index in [2.05, 4.69) is 18.7 Å². The van der Waals surface area contributed by atoms with Gasteiger partial charge in [-0.1, -0.05) is 37.0 Å². The van der Waals surface area contributed by atoms with Crippen molar-refractivity contribution in [2.75, 3.05) is 0 Å². The molecule has 0 radical (unpaired) electrons. The Kier molecular flexibility index (Phi) is 3.11. The molecular formula is C19H25NO2. The summed E-state index contributed by atoms with van der Waals surface area (Å²) in [6, 6.07) is 0.167. The highest BCUT2D eigenvalue weighted by atomic mass is 16.2. The Balaban J connectivity index is 1.66. The molecule has 2 amide bonds. The first-order chi connectivity index (χ1) is 10.5. The highest BCUT2D eigenvalue weighted by molar-refractivity contribution is 6.07. The van der Waals surface area contributed by atoms with E-state index in [0.29, 0.717) is 0 Å². The van der Waals surface area contributed by atoms with Crippen LogP contribution in [-0.4, -0.2) is 22.8 Å². The van der Waals surface area contributed by atoms with Gasteiger partial charge in [-0.3, -0.25) is 14.5 Å². The molecule has 0 aromatic rings. The maximum atomic E-state index is 13.1. The van der Waals surface area contributed by atoms with Crippen molar-refractivity contribution >= 4 is 11.8 Å². The minimum Gasteiger partial charge on any atom is -0.279 e. The Hall–Kier alpha value is -1.38. The van der Waals surface area contributed by atoms with Crippen molar-refractivity contribution in [2.24, 2.45) is 23.2 Å². The molecule has 0 aromatic carbocycles. The van der Waals surface area contributed by atoms with Gasteiger partial charge in [-0.05, 0) is 38.5 Å². The molecule has 4 aliphatic rings. The van der Waals surface area contributed by atoms with Crippen LogP contribution in [0.25, 0.3) is 0 Å². The van der Waals surface area contributed by atoms with Crippen molar-refractivity contribution in [3.63, 3.8) is 0 Å². The maximum absolute atomic E-state index is 13.1. The van der Waals surface area contributed by atoms with E-state index in [0.717, 1.165) is 44.1 Å². The van der Waals surface area contributed by atoms with Crippen molar-refractivity contribution in [2.45, 2.75) is 57.9 Å². The average Bonchev–Trinajstić information content (AvgIpc) is 3.10. The van der Waals surface area contributed by atoms with E-state index in [1.807, 2.05) is 6.92 Å². The topological polar surface area (TPSA) is 37.4 Å². The van der Waals surface area contributed by atoms with E-state index >= 15 is 0 Å². The molecule has 4 rings (SSSR count). The summed E-state index contributed by atoms with van der Waals surface area (Å²) in [7, 11) is 0. The van der Waals surface area contributed by atoms with Crippen LogP contribution in [0.4, 0.5) is 0 Å². The quantitative estimate of drug-likeness (QED) is 0.591. The Bertz CT molecular complexity index is 572. The maximum Gasteiger partial charge on any atom is 0.234 e. The van der Waals surface area contributed by atoms with Crippen LogP contribution in [0.15, 0.2) is 24.3 Å². The number of carbonyl (C=O) groups is 2. The van der Waals surface area contributed by atoms with Crippen molar-refractivity contribution < 1.29 is 9.59 Å². The first-order valence-electron chi connectivity index (χ1n) is 8.74. The van der Waals surface area contributed by atoms with Crippen LogP contribution in [0.5, 0.6) is 0 Å². The van der Waals surface area contributed by atoms with Gasteiger partial charge >= 0.3 is 0 Å². The van der Waals surface area contributed by atoms with Crippen LogP contribution in [0.3, 0.4) is 0 Å². The number of hydrogen-bond acceptors (Lipinski definition) is 2. The van der Waals surface area contributed by atoms with Gasteiger partial charge in [0.2, 0.25) is 11.8 Å². The number of nitrogens with zero attached hydrogens (tertiary/aromatic N) is 1. The van der Waals surface area contributed by atoms with Crippen molar-refractivity contribution in [1.29, 1.82) is 0 Å². The first kappa shape index (κ1) is 14.2. The van der Waals surface area contributed by atoms with Crippen LogP contribution in [0.2, 0.25) is 0 Å². The van der Waals surface area contributed by atoms with Crippen LogP contribution in [0.1, 0.15) is 51.9 Å². The van der Waals surface area contributed by atoms with Gasteiger partial charge in [-0.25, -0.2) is 0 Å². The molecule has 1 heterocycles. The number of imide groups is 1. The molecule has 3 nitrogen and oxygen atoms in total. The summed E-state index contributed by atoms with van der Waals surface area (Å²) in [4.78, 5) is 27.8. The molecule has 2 bridgehead atoms. The van der Waals surface area contributed by atoms with Crippen molar-refractivity contribution in [3.8, 4) is 0 Å². The third kappa shape index (κ3) is 1.80. The lowest BCUT2D eigenvalue weighted by Crippen LogP contribution is -2.43. The molecule has 0 spiro atoms. The molecule has 3 fully saturated rings. The predicted molar refractivity (Wildman–Crippen MR) is 84.8 cm³/mol. The van der Waals surface area contributed by atoms with Gasteiger partial charge in [0.25, 0.3) is 0 Å². The summed E-state index contributed by atoms with van der Waals surface area (Å²) in [6.45, 7) is 6.08. The fraction of sp³-hybridized carbons (Fsp3) is 0.684. The van der Waals surface area contributed by atoms with Gasteiger partial charge in [0.1, 0.15) is 0 Å². The molecule has 0 aromatic heterocycles. The molecule has 4 atom stereocenters. The zero-order chi connectivity index (χ0) is 15.5. The summed E-state index contributed by atoms with van der Waals surface area (Å²) in [6.07, 6.45) is 11.8. The zero-order valence-electron chi connectivity index (χ0n) is 13.4. The number of rotatable bonds is 3. The van der Waals surface area contributed by atoms with E-state index in [1.165, 1.54) is 6.42 Å². The summed E-state index contributed by atoms with van der Waals surface area (Å²) in [5.74, 6) is 0.316. The predicted octanol–water partition coefficient (Wildman–Crippen LogP) is 3.46. The van der Waals surface area contributed by atoms with E-state index in [-0.39, 0.29) is 41.0 Å². The lowest BCUT2D eigenvalue weighted by molar-refractivity contribution is -0.144. The molecule has 1 saturated heterocycles. The Morgan fingerprint density at radius 2 is 2.00 bits per heavy atom. The number of allylic oxidation sites excluding steroid dienone is 3. The minimum atomic E-state index is -0.128. The van der Waals surface area contributed by atoms with Crippen LogP contribution in [-0.2, 0) is 9.59 Å². The summed E-state index contributed by atoms with van der Waals surface area (Å²) >= 11 is 0. The van der Waals surface area contributed by atoms with Crippen LogP contribution < -0.4 is 0 Å². The average molecular weight is 299 g/mol. The number of carbonyl (C=O) groups excluding carboxylic acids is 2. The third-order valence-corrected chi connectivity index (χ3v) is 6.33. The second-order valence-corrected chi connectivity index (χ2v) is 7.94. The van der Waals surface area contributed by atoms with Crippen LogP contribution >= 0.6 is 0 Å². The van der Waals surface area contributed by atoms with Crippen molar-refractivity contribution in [1.82, 2.24) is 4.90 Å². The SMILES string of the molecule is C=C(C)CC12C=CC(C1)C1C(=O)N(C3CCCCC3)C(=O)C12. The number of fused-ring (bicyclic) bond motifs is 5. The smallest absolute Gasteiger partial charge is 0.234 e. The molecule has 0 N–H and O–H groups in total. The standard InChI is InChI=1S/C19H25NO2/c1-12(2)10-19-9-8-13(11-19)15-16(19)18(22)20(17(15)21)14-6-4-3-5-7-14/h8-9,13-16H,1,3-7,10-11H2,2H3. The molecule has 2 saturated carbocycles. The van der Waals surface area contributed by atoms with E-state index in [4.69, 9.17) is 0 Å².